The number of hydrogen-bond acceptors (Lipinski definition) is 1. The first-order chi connectivity index (χ1) is 7.15. The Balaban J connectivity index is 2.36. The molecule has 3 atom stereocenters. The molecule has 0 amide bonds. The van der Waals surface area contributed by atoms with Crippen LogP contribution in [0.15, 0.2) is 0 Å². The maximum atomic E-state index is 3.80. The van der Waals surface area contributed by atoms with E-state index in [0.717, 1.165) is 23.8 Å². The van der Waals surface area contributed by atoms with E-state index in [9.17, 15) is 0 Å². The van der Waals surface area contributed by atoms with E-state index in [4.69, 9.17) is 0 Å². The molecular formula is C14H29N. The summed E-state index contributed by atoms with van der Waals surface area (Å²) in [6, 6.07) is 0.799. The van der Waals surface area contributed by atoms with Crippen molar-refractivity contribution < 1.29 is 0 Å². The number of rotatable bonds is 5. The van der Waals surface area contributed by atoms with E-state index in [0.29, 0.717) is 0 Å². The molecule has 1 heteroatoms. The van der Waals surface area contributed by atoms with Crippen LogP contribution in [0.1, 0.15) is 59.8 Å². The monoisotopic (exact) mass is 211 g/mol. The Labute approximate surface area is 96.0 Å². The third-order valence-corrected chi connectivity index (χ3v) is 4.10. The predicted octanol–water partition coefficient (Wildman–Crippen LogP) is 3.84. The smallest absolute Gasteiger partial charge is 0.00978 e. The number of hydrogen-bond donors (Lipinski definition) is 1. The molecule has 0 aromatic rings. The van der Waals surface area contributed by atoms with Crippen molar-refractivity contribution in [2.75, 3.05) is 6.54 Å². The Bertz CT molecular complexity index is 165. The van der Waals surface area contributed by atoms with Crippen LogP contribution in [0.25, 0.3) is 0 Å². The van der Waals surface area contributed by atoms with Gasteiger partial charge in [0.25, 0.3) is 0 Å². The highest BCUT2D eigenvalue weighted by atomic mass is 14.9. The summed E-state index contributed by atoms with van der Waals surface area (Å²) in [4.78, 5) is 0. The largest absolute Gasteiger partial charge is 0.313 e. The zero-order chi connectivity index (χ0) is 11.3. The zero-order valence-corrected chi connectivity index (χ0v) is 11.1. The van der Waals surface area contributed by atoms with Crippen molar-refractivity contribution in [1.82, 2.24) is 5.32 Å². The van der Waals surface area contributed by atoms with E-state index in [1.54, 1.807) is 0 Å². The van der Waals surface area contributed by atoms with Crippen molar-refractivity contribution in [2.45, 2.75) is 65.8 Å². The molecule has 0 radical (unpaired) electrons. The van der Waals surface area contributed by atoms with Gasteiger partial charge in [-0.1, -0.05) is 47.0 Å². The van der Waals surface area contributed by atoms with Gasteiger partial charge in [-0.2, -0.15) is 0 Å². The van der Waals surface area contributed by atoms with Gasteiger partial charge in [-0.15, -0.1) is 0 Å². The molecular weight excluding hydrogens is 182 g/mol. The fraction of sp³-hybridized carbons (Fsp3) is 1.00. The van der Waals surface area contributed by atoms with Gasteiger partial charge in [0.05, 0.1) is 0 Å². The molecule has 1 aliphatic rings. The average Bonchev–Trinajstić information content (AvgIpc) is 2.26. The van der Waals surface area contributed by atoms with E-state index < -0.39 is 0 Å². The molecule has 0 saturated heterocycles. The van der Waals surface area contributed by atoms with Crippen LogP contribution in [0.3, 0.4) is 0 Å². The van der Waals surface area contributed by atoms with Crippen molar-refractivity contribution in [1.29, 1.82) is 0 Å². The maximum Gasteiger partial charge on any atom is 0.00978 e. The van der Waals surface area contributed by atoms with Gasteiger partial charge in [0.2, 0.25) is 0 Å². The zero-order valence-electron chi connectivity index (χ0n) is 11.1. The minimum Gasteiger partial charge on any atom is -0.313 e. The third-order valence-electron chi connectivity index (χ3n) is 4.10. The highest BCUT2D eigenvalue weighted by Crippen LogP contribution is 2.30. The molecule has 1 aliphatic carbocycles. The van der Waals surface area contributed by atoms with Crippen LogP contribution in [0.5, 0.6) is 0 Å². The summed E-state index contributed by atoms with van der Waals surface area (Å²) in [5.41, 5.74) is 0. The lowest BCUT2D eigenvalue weighted by atomic mass is 9.77. The summed E-state index contributed by atoms with van der Waals surface area (Å²) in [5.74, 6) is 2.60. The van der Waals surface area contributed by atoms with Crippen LogP contribution in [-0.2, 0) is 0 Å². The van der Waals surface area contributed by atoms with E-state index in [2.05, 4.69) is 33.0 Å². The van der Waals surface area contributed by atoms with Gasteiger partial charge in [-0.3, -0.25) is 0 Å². The molecule has 90 valence electrons. The summed E-state index contributed by atoms with van der Waals surface area (Å²) in [6.07, 6.45) is 7.02. The molecule has 1 N–H and O–H groups in total. The quantitative estimate of drug-likeness (QED) is 0.728. The van der Waals surface area contributed by atoms with Crippen LogP contribution < -0.4 is 5.32 Å². The first kappa shape index (κ1) is 13.0. The van der Waals surface area contributed by atoms with E-state index >= 15 is 0 Å². The van der Waals surface area contributed by atoms with Gasteiger partial charge in [0.1, 0.15) is 0 Å². The van der Waals surface area contributed by atoms with Gasteiger partial charge in [-0.05, 0) is 37.1 Å². The first-order valence-electron chi connectivity index (χ1n) is 6.88. The van der Waals surface area contributed by atoms with Gasteiger partial charge >= 0.3 is 0 Å². The van der Waals surface area contributed by atoms with Crippen molar-refractivity contribution in [3.63, 3.8) is 0 Å². The summed E-state index contributed by atoms with van der Waals surface area (Å²) in [5, 5.41) is 3.80. The molecule has 1 saturated carbocycles. The molecule has 1 fully saturated rings. The fourth-order valence-corrected chi connectivity index (χ4v) is 2.71. The van der Waals surface area contributed by atoms with Crippen LogP contribution in [0, 0.1) is 17.8 Å². The second kappa shape index (κ2) is 6.52. The fourth-order valence-electron chi connectivity index (χ4n) is 2.71. The summed E-state index contributed by atoms with van der Waals surface area (Å²) in [6.45, 7) is 10.6. The number of nitrogens with one attached hydrogen (secondary N) is 1. The molecule has 0 aliphatic heterocycles. The molecule has 15 heavy (non-hydrogen) atoms. The summed E-state index contributed by atoms with van der Waals surface area (Å²) in [7, 11) is 0. The normalized spacial score (nSPS) is 29.4. The summed E-state index contributed by atoms with van der Waals surface area (Å²) >= 11 is 0. The molecule has 0 spiro atoms. The highest BCUT2D eigenvalue weighted by molar-refractivity contribution is 4.83. The lowest BCUT2D eigenvalue weighted by Gasteiger charge is -2.35. The first-order valence-corrected chi connectivity index (χ1v) is 6.88. The Morgan fingerprint density at radius 3 is 2.40 bits per heavy atom. The van der Waals surface area contributed by atoms with Gasteiger partial charge in [-0.25, -0.2) is 0 Å². The van der Waals surface area contributed by atoms with Gasteiger partial charge in [0.15, 0.2) is 0 Å². The highest BCUT2D eigenvalue weighted by Gasteiger charge is 2.26. The van der Waals surface area contributed by atoms with Crippen molar-refractivity contribution in [3.05, 3.63) is 0 Å². The molecule has 0 aromatic heterocycles. The lowest BCUT2D eigenvalue weighted by Crippen LogP contribution is -2.42. The maximum absolute atomic E-state index is 3.80. The van der Waals surface area contributed by atoms with Gasteiger partial charge < -0.3 is 5.32 Å². The second-order valence-corrected chi connectivity index (χ2v) is 5.72. The molecule has 0 bridgehead atoms. The van der Waals surface area contributed by atoms with Crippen LogP contribution in [0.4, 0.5) is 0 Å². The standard InChI is InChI=1S/C14H29N/c1-5-12(4)10-15-14-9-7-6-8-13(14)11(2)3/h11-15H,5-10H2,1-4H3. The molecule has 0 heterocycles. The topological polar surface area (TPSA) is 12.0 Å². The van der Waals surface area contributed by atoms with Gasteiger partial charge in [0, 0.05) is 6.04 Å². The second-order valence-electron chi connectivity index (χ2n) is 5.72. The Kier molecular flexibility index (Phi) is 5.66. The van der Waals surface area contributed by atoms with Crippen molar-refractivity contribution in [2.24, 2.45) is 17.8 Å². The lowest BCUT2D eigenvalue weighted by molar-refractivity contribution is 0.200. The van der Waals surface area contributed by atoms with E-state index in [1.807, 2.05) is 0 Å². The van der Waals surface area contributed by atoms with Crippen molar-refractivity contribution in [3.8, 4) is 0 Å². The minimum atomic E-state index is 0.799. The Morgan fingerprint density at radius 1 is 1.13 bits per heavy atom. The minimum absolute atomic E-state index is 0.799. The Morgan fingerprint density at radius 2 is 1.80 bits per heavy atom. The van der Waals surface area contributed by atoms with Crippen molar-refractivity contribution >= 4 is 0 Å². The Hall–Kier alpha value is -0.0400. The van der Waals surface area contributed by atoms with Crippen LogP contribution in [-0.4, -0.2) is 12.6 Å². The molecule has 1 rings (SSSR count). The average molecular weight is 211 g/mol. The summed E-state index contributed by atoms with van der Waals surface area (Å²) < 4.78 is 0. The molecule has 1 nitrogen and oxygen atoms in total. The third kappa shape index (κ3) is 4.14. The molecule has 0 aromatic carbocycles. The van der Waals surface area contributed by atoms with Crippen LogP contribution in [0.2, 0.25) is 0 Å². The van der Waals surface area contributed by atoms with E-state index in [1.165, 1.54) is 38.6 Å². The SMILES string of the molecule is CCC(C)CNC1CCCCC1C(C)C. The predicted molar refractivity (Wildman–Crippen MR) is 68.0 cm³/mol. The molecule has 3 unspecified atom stereocenters. The van der Waals surface area contributed by atoms with Crippen LogP contribution >= 0.6 is 0 Å². The van der Waals surface area contributed by atoms with E-state index in [-0.39, 0.29) is 0 Å².